The van der Waals surface area contributed by atoms with E-state index in [2.05, 4.69) is 17.1 Å². The third-order valence-electron chi connectivity index (χ3n) is 6.18. The van der Waals surface area contributed by atoms with Crippen LogP contribution in [0, 0.1) is 5.92 Å². The first-order chi connectivity index (χ1) is 13.3. The lowest BCUT2D eigenvalue weighted by molar-refractivity contribution is -0.133. The molecule has 4 heteroatoms. The Morgan fingerprint density at radius 1 is 1.04 bits per heavy atom. The average Bonchev–Trinajstić information content (AvgIpc) is 2.74. The maximum absolute atomic E-state index is 12.6. The van der Waals surface area contributed by atoms with Crippen LogP contribution in [0.3, 0.4) is 0 Å². The van der Waals surface area contributed by atoms with Gasteiger partial charge in [-0.15, -0.1) is 0 Å². The first kappa shape index (κ1) is 18.3. The lowest BCUT2D eigenvalue weighted by Crippen LogP contribution is -2.41. The molecule has 0 unspecified atom stereocenters. The van der Waals surface area contributed by atoms with Crippen LogP contribution in [0.25, 0.3) is 10.9 Å². The van der Waals surface area contributed by atoms with Crippen molar-refractivity contribution in [2.45, 2.75) is 63.9 Å². The number of ether oxygens (including phenoxy) is 1. The molecule has 4 rings (SSSR count). The zero-order valence-electron chi connectivity index (χ0n) is 16.1. The molecule has 2 aromatic rings. The minimum absolute atomic E-state index is 0.167. The molecular weight excluding hydrogens is 336 g/mol. The lowest BCUT2D eigenvalue weighted by atomic mass is 9.86. The second kappa shape index (κ2) is 8.73. The summed E-state index contributed by atoms with van der Waals surface area (Å²) in [4.78, 5) is 19.1. The van der Waals surface area contributed by atoms with Gasteiger partial charge >= 0.3 is 0 Å². The van der Waals surface area contributed by atoms with E-state index >= 15 is 0 Å². The van der Waals surface area contributed by atoms with Crippen molar-refractivity contribution < 1.29 is 9.53 Å². The van der Waals surface area contributed by atoms with E-state index in [0.717, 1.165) is 61.3 Å². The molecule has 0 radical (unpaired) electrons. The van der Waals surface area contributed by atoms with Crippen LogP contribution in [0.15, 0.2) is 36.5 Å². The van der Waals surface area contributed by atoms with Gasteiger partial charge in [-0.05, 0) is 24.5 Å². The molecule has 1 aliphatic carbocycles. The summed E-state index contributed by atoms with van der Waals surface area (Å²) in [5.41, 5.74) is 0.922. The molecule has 1 aromatic carbocycles. The number of hydrogen-bond donors (Lipinski definition) is 0. The average molecular weight is 367 g/mol. The van der Waals surface area contributed by atoms with Gasteiger partial charge in [0.05, 0.1) is 0 Å². The number of amides is 1. The van der Waals surface area contributed by atoms with E-state index in [0.29, 0.717) is 5.91 Å². The third-order valence-corrected chi connectivity index (χ3v) is 6.18. The van der Waals surface area contributed by atoms with Gasteiger partial charge in [-0.25, -0.2) is 0 Å². The summed E-state index contributed by atoms with van der Waals surface area (Å²) in [5, 5.41) is 1.10. The fraction of sp³-hybridized carbons (Fsp3) is 0.565. The monoisotopic (exact) mass is 366 g/mol. The van der Waals surface area contributed by atoms with Gasteiger partial charge in [0, 0.05) is 43.9 Å². The van der Waals surface area contributed by atoms with Crippen molar-refractivity contribution >= 4 is 16.8 Å². The Hall–Kier alpha value is -2.10. The van der Waals surface area contributed by atoms with Gasteiger partial charge in [-0.1, -0.05) is 50.3 Å². The number of piperidine rings is 1. The number of likely N-dealkylation sites (tertiary alicyclic amines) is 1. The van der Waals surface area contributed by atoms with Gasteiger partial charge in [0.2, 0.25) is 5.91 Å². The maximum Gasteiger partial charge on any atom is 0.222 e. The second-order valence-electron chi connectivity index (χ2n) is 8.07. The number of fused-ring (bicyclic) bond motifs is 1. The normalized spacial score (nSPS) is 19.3. The molecule has 1 aromatic heterocycles. The molecule has 1 saturated carbocycles. The van der Waals surface area contributed by atoms with Crippen molar-refractivity contribution in [2.24, 2.45) is 5.92 Å². The number of hydrogen-bond acceptors (Lipinski definition) is 3. The second-order valence-corrected chi connectivity index (χ2v) is 8.07. The van der Waals surface area contributed by atoms with E-state index < -0.39 is 0 Å². The van der Waals surface area contributed by atoms with E-state index in [-0.39, 0.29) is 6.10 Å². The quantitative estimate of drug-likeness (QED) is 0.751. The number of nitrogens with zero attached hydrogens (tertiary/aromatic N) is 2. The minimum Gasteiger partial charge on any atom is -0.488 e. The van der Waals surface area contributed by atoms with Crippen LogP contribution < -0.4 is 4.74 Å². The standard InChI is InChI=1S/C23H30N2O2/c26-22(12-11-18-6-2-1-3-7-18)25-16-13-20(14-17-25)27-21-10-4-8-19-9-5-15-24-23(19)21/h4-5,8-10,15,18,20H,1-3,6-7,11-14,16-17H2. The topological polar surface area (TPSA) is 42.4 Å². The Bertz CT molecular complexity index is 757. The van der Waals surface area contributed by atoms with Gasteiger partial charge in [-0.3, -0.25) is 9.78 Å². The fourth-order valence-electron chi connectivity index (χ4n) is 4.54. The molecule has 1 saturated heterocycles. The van der Waals surface area contributed by atoms with Crippen molar-refractivity contribution in [1.82, 2.24) is 9.88 Å². The summed E-state index contributed by atoms with van der Waals surface area (Å²) in [7, 11) is 0. The van der Waals surface area contributed by atoms with E-state index in [1.807, 2.05) is 29.3 Å². The molecule has 0 atom stereocenters. The molecule has 1 amide bonds. The van der Waals surface area contributed by atoms with Crippen LogP contribution in [-0.4, -0.2) is 35.0 Å². The van der Waals surface area contributed by atoms with Crippen LogP contribution in [0.2, 0.25) is 0 Å². The van der Waals surface area contributed by atoms with Gasteiger partial charge in [0.25, 0.3) is 0 Å². The number of carbonyl (C=O) groups excluding carboxylic acids is 1. The van der Waals surface area contributed by atoms with E-state index in [4.69, 9.17) is 4.74 Å². The predicted octanol–water partition coefficient (Wildman–Crippen LogP) is 4.97. The molecule has 2 aliphatic rings. The molecule has 2 heterocycles. The molecule has 4 nitrogen and oxygen atoms in total. The van der Waals surface area contributed by atoms with Crippen LogP contribution in [0.1, 0.15) is 57.8 Å². The summed E-state index contributed by atoms with van der Waals surface area (Å²) in [6.07, 6.45) is 12.3. The highest BCUT2D eigenvalue weighted by Crippen LogP contribution is 2.29. The molecule has 2 fully saturated rings. The Kier molecular flexibility index (Phi) is 5.90. The number of para-hydroxylation sites is 1. The number of pyridine rings is 1. The van der Waals surface area contributed by atoms with Gasteiger partial charge in [-0.2, -0.15) is 0 Å². The SMILES string of the molecule is O=C(CCC1CCCCC1)N1CCC(Oc2cccc3cccnc23)CC1. The summed E-state index contributed by atoms with van der Waals surface area (Å²) in [6.45, 7) is 1.62. The Labute approximate surface area is 161 Å². The Morgan fingerprint density at radius 2 is 1.81 bits per heavy atom. The van der Waals surface area contributed by atoms with Gasteiger partial charge in [0.1, 0.15) is 17.4 Å². The highest BCUT2D eigenvalue weighted by atomic mass is 16.5. The Balaban J connectivity index is 1.26. The van der Waals surface area contributed by atoms with Crippen molar-refractivity contribution in [3.8, 4) is 5.75 Å². The molecule has 0 spiro atoms. The number of aromatic nitrogens is 1. The fourth-order valence-corrected chi connectivity index (χ4v) is 4.54. The summed E-state index contributed by atoms with van der Waals surface area (Å²) < 4.78 is 6.25. The summed E-state index contributed by atoms with van der Waals surface area (Å²) in [6, 6.07) is 10.1. The third kappa shape index (κ3) is 4.60. The van der Waals surface area contributed by atoms with Gasteiger partial charge < -0.3 is 9.64 Å². The first-order valence-electron chi connectivity index (χ1n) is 10.6. The molecule has 144 valence electrons. The molecule has 0 bridgehead atoms. The summed E-state index contributed by atoms with van der Waals surface area (Å²) in [5.74, 6) is 1.98. The lowest BCUT2D eigenvalue weighted by Gasteiger charge is -2.33. The van der Waals surface area contributed by atoms with Crippen molar-refractivity contribution in [1.29, 1.82) is 0 Å². The van der Waals surface area contributed by atoms with Crippen LogP contribution in [0.5, 0.6) is 5.75 Å². The van der Waals surface area contributed by atoms with Crippen LogP contribution >= 0.6 is 0 Å². The van der Waals surface area contributed by atoms with Gasteiger partial charge in [0.15, 0.2) is 0 Å². The molecule has 27 heavy (non-hydrogen) atoms. The largest absolute Gasteiger partial charge is 0.488 e. The van der Waals surface area contributed by atoms with Crippen molar-refractivity contribution in [3.63, 3.8) is 0 Å². The maximum atomic E-state index is 12.6. The van der Waals surface area contributed by atoms with Crippen LogP contribution in [0.4, 0.5) is 0 Å². The van der Waals surface area contributed by atoms with Crippen molar-refractivity contribution in [3.05, 3.63) is 36.5 Å². The number of benzene rings is 1. The van der Waals surface area contributed by atoms with Crippen LogP contribution in [-0.2, 0) is 4.79 Å². The molecule has 0 N–H and O–H groups in total. The van der Waals surface area contributed by atoms with Crippen molar-refractivity contribution in [2.75, 3.05) is 13.1 Å². The Morgan fingerprint density at radius 3 is 2.63 bits per heavy atom. The minimum atomic E-state index is 0.167. The van der Waals surface area contributed by atoms with E-state index in [1.165, 1.54) is 32.1 Å². The highest BCUT2D eigenvalue weighted by Gasteiger charge is 2.25. The zero-order valence-corrected chi connectivity index (χ0v) is 16.1. The summed E-state index contributed by atoms with van der Waals surface area (Å²) >= 11 is 0. The zero-order chi connectivity index (χ0) is 18.5. The molecule has 1 aliphatic heterocycles. The smallest absolute Gasteiger partial charge is 0.222 e. The van der Waals surface area contributed by atoms with E-state index in [9.17, 15) is 4.79 Å². The molecular formula is C23H30N2O2. The first-order valence-corrected chi connectivity index (χ1v) is 10.6. The predicted molar refractivity (Wildman–Crippen MR) is 108 cm³/mol. The number of carbonyl (C=O) groups is 1. The van der Waals surface area contributed by atoms with E-state index in [1.54, 1.807) is 0 Å². The number of rotatable bonds is 5. The highest BCUT2D eigenvalue weighted by molar-refractivity contribution is 5.84.